The molecule has 0 amide bonds. The summed E-state index contributed by atoms with van der Waals surface area (Å²) in [5, 5.41) is 13.1. The first-order chi connectivity index (χ1) is 16.3. The Hall–Kier alpha value is -3.39. The second-order valence-corrected chi connectivity index (χ2v) is 9.84. The van der Waals surface area contributed by atoms with Crippen LogP contribution in [0.4, 0.5) is 0 Å². The number of methoxy groups -OCH3 is 1. The van der Waals surface area contributed by atoms with Crippen molar-refractivity contribution in [2.45, 2.75) is 5.60 Å². The zero-order chi connectivity index (χ0) is 24.0. The molecule has 0 aliphatic carbocycles. The minimum Gasteiger partial charge on any atom is -0.497 e. The number of hydrogen-bond donors (Lipinski definition) is 1. The second kappa shape index (κ2) is 8.43. The number of thiophene rings is 1. The summed E-state index contributed by atoms with van der Waals surface area (Å²) >= 11 is 7.57. The van der Waals surface area contributed by atoms with E-state index in [2.05, 4.69) is 4.98 Å². The molecule has 0 aliphatic heterocycles. The fraction of sp³-hybridized carbons (Fsp3) is 0.154. The number of fused-ring (bicyclic) bond motifs is 1. The van der Waals surface area contributed by atoms with E-state index in [1.54, 1.807) is 47.9 Å². The summed E-state index contributed by atoms with van der Waals surface area (Å²) < 4.78 is 9.38. The summed E-state index contributed by atoms with van der Waals surface area (Å²) in [6.45, 7) is 0. The van der Waals surface area contributed by atoms with Gasteiger partial charge in [-0.3, -0.25) is 4.79 Å². The summed E-state index contributed by atoms with van der Waals surface area (Å²) in [4.78, 5) is 17.7. The Balaban J connectivity index is 1.83. The molecule has 34 heavy (non-hydrogen) atoms. The molecule has 1 unspecified atom stereocenters. The lowest BCUT2D eigenvalue weighted by atomic mass is 9.87. The van der Waals surface area contributed by atoms with E-state index in [-0.39, 0.29) is 5.56 Å². The Labute approximate surface area is 205 Å². The maximum atomic E-state index is 12.8. The van der Waals surface area contributed by atoms with Gasteiger partial charge in [0.15, 0.2) is 5.60 Å². The van der Waals surface area contributed by atoms with E-state index < -0.39 is 5.60 Å². The van der Waals surface area contributed by atoms with Crippen LogP contribution in [0.5, 0.6) is 5.75 Å². The van der Waals surface area contributed by atoms with Crippen molar-refractivity contribution in [2.75, 3.05) is 7.11 Å². The predicted octanol–water partition coefficient (Wildman–Crippen LogP) is 4.95. The van der Waals surface area contributed by atoms with Gasteiger partial charge in [-0.15, -0.1) is 11.3 Å². The summed E-state index contributed by atoms with van der Waals surface area (Å²) in [7, 11) is 5.19. The van der Waals surface area contributed by atoms with Gasteiger partial charge in [0.05, 0.1) is 35.2 Å². The minimum absolute atomic E-state index is 0.120. The molecule has 0 fully saturated rings. The van der Waals surface area contributed by atoms with Crippen LogP contribution in [0, 0.1) is 0 Å². The molecule has 0 spiro atoms. The molecule has 0 radical (unpaired) electrons. The molecule has 0 bridgehead atoms. The van der Waals surface area contributed by atoms with Crippen LogP contribution in [-0.4, -0.2) is 26.3 Å². The van der Waals surface area contributed by atoms with Gasteiger partial charge in [0, 0.05) is 30.4 Å². The Morgan fingerprint density at radius 1 is 1.09 bits per heavy atom. The molecular weight excluding hydrogens is 470 g/mol. The average Bonchev–Trinajstić information content (AvgIpc) is 3.49. The number of ether oxygens (including phenoxy) is 1. The van der Waals surface area contributed by atoms with Crippen molar-refractivity contribution in [1.29, 1.82) is 0 Å². The highest BCUT2D eigenvalue weighted by atomic mass is 35.5. The summed E-state index contributed by atoms with van der Waals surface area (Å²) in [5.74, 6) is 0.696. The number of nitrogens with zero attached hydrogens (tertiary/aromatic N) is 3. The van der Waals surface area contributed by atoms with Crippen molar-refractivity contribution in [2.24, 2.45) is 14.1 Å². The van der Waals surface area contributed by atoms with Gasteiger partial charge in [0.25, 0.3) is 5.56 Å². The molecule has 3 heterocycles. The van der Waals surface area contributed by atoms with E-state index in [1.165, 1.54) is 11.3 Å². The number of imidazole rings is 1. The molecule has 1 atom stereocenters. The molecule has 6 nitrogen and oxygen atoms in total. The molecule has 0 aliphatic rings. The number of aliphatic hydroxyl groups is 1. The number of halogens is 1. The summed E-state index contributed by atoms with van der Waals surface area (Å²) in [5.41, 5.74) is 2.01. The molecule has 5 aromatic rings. The van der Waals surface area contributed by atoms with Gasteiger partial charge in [0.1, 0.15) is 5.75 Å². The normalized spacial score (nSPS) is 13.2. The third-order valence-electron chi connectivity index (χ3n) is 6.16. The quantitative estimate of drug-likeness (QED) is 0.378. The van der Waals surface area contributed by atoms with E-state index in [9.17, 15) is 9.90 Å². The third kappa shape index (κ3) is 3.53. The molecule has 0 saturated carbocycles. The zero-order valence-corrected chi connectivity index (χ0v) is 20.4. The smallest absolute Gasteiger partial charge is 0.251 e. The highest BCUT2D eigenvalue weighted by molar-refractivity contribution is 7.16. The van der Waals surface area contributed by atoms with Gasteiger partial charge in [-0.25, -0.2) is 4.98 Å². The monoisotopic (exact) mass is 491 g/mol. The molecule has 172 valence electrons. The maximum absolute atomic E-state index is 12.8. The highest BCUT2D eigenvalue weighted by Crippen LogP contribution is 2.42. The first-order valence-corrected chi connectivity index (χ1v) is 11.8. The van der Waals surface area contributed by atoms with Crippen LogP contribution in [0.3, 0.4) is 0 Å². The van der Waals surface area contributed by atoms with Gasteiger partial charge >= 0.3 is 0 Å². The third-order valence-corrected chi connectivity index (χ3v) is 7.50. The first kappa shape index (κ1) is 22.4. The van der Waals surface area contributed by atoms with Crippen molar-refractivity contribution < 1.29 is 9.84 Å². The average molecular weight is 492 g/mol. The van der Waals surface area contributed by atoms with E-state index in [0.717, 1.165) is 22.0 Å². The van der Waals surface area contributed by atoms with Gasteiger partial charge in [-0.05, 0) is 53.1 Å². The van der Waals surface area contributed by atoms with Gasteiger partial charge < -0.3 is 19.0 Å². The number of aryl methyl sites for hydroxylation is 2. The SMILES string of the molecule is COc1cccc(-c2cc(=O)n(C)c3ccc(C(O)(c4ccc(Cl)s4)c4cncn4C)cc23)c1. The van der Waals surface area contributed by atoms with Crippen LogP contribution in [0.1, 0.15) is 16.1 Å². The topological polar surface area (TPSA) is 69.3 Å². The fourth-order valence-electron chi connectivity index (χ4n) is 4.35. The van der Waals surface area contributed by atoms with Crippen LogP contribution < -0.4 is 10.3 Å². The maximum Gasteiger partial charge on any atom is 0.251 e. The van der Waals surface area contributed by atoms with Crippen molar-refractivity contribution in [3.05, 3.63) is 104 Å². The van der Waals surface area contributed by atoms with Crippen molar-refractivity contribution >= 4 is 33.8 Å². The number of aromatic nitrogens is 3. The van der Waals surface area contributed by atoms with Crippen LogP contribution in [0.2, 0.25) is 4.34 Å². The van der Waals surface area contributed by atoms with Gasteiger partial charge in [-0.1, -0.05) is 29.8 Å². The standard InChI is InChI=1S/C26H22ClN3O3S/c1-29-15-28-14-22(29)26(32,23-9-10-24(27)34-23)17-7-8-21-20(12-17)19(13-25(31)30(21)2)16-5-4-6-18(11-16)33-3/h4-15,32H,1-3H3. The van der Waals surface area contributed by atoms with E-state index in [0.29, 0.717) is 26.2 Å². The predicted molar refractivity (Wildman–Crippen MR) is 136 cm³/mol. The summed E-state index contributed by atoms with van der Waals surface area (Å²) in [6, 6.07) is 18.5. The lowest BCUT2D eigenvalue weighted by Crippen LogP contribution is -2.30. The number of rotatable bonds is 5. The Morgan fingerprint density at radius 3 is 2.59 bits per heavy atom. The first-order valence-electron chi connectivity index (χ1n) is 10.6. The molecule has 2 aromatic carbocycles. The molecule has 8 heteroatoms. The Kier molecular flexibility index (Phi) is 5.56. The molecule has 3 aromatic heterocycles. The number of pyridine rings is 1. The van der Waals surface area contributed by atoms with E-state index in [1.807, 2.05) is 55.6 Å². The number of hydrogen-bond acceptors (Lipinski definition) is 5. The molecule has 5 rings (SSSR count). The van der Waals surface area contributed by atoms with E-state index >= 15 is 0 Å². The van der Waals surface area contributed by atoms with Crippen molar-refractivity contribution in [3.63, 3.8) is 0 Å². The lowest BCUT2D eigenvalue weighted by molar-refractivity contribution is 0.121. The van der Waals surface area contributed by atoms with Gasteiger partial charge in [-0.2, -0.15) is 0 Å². The largest absolute Gasteiger partial charge is 0.497 e. The molecule has 0 saturated heterocycles. The van der Waals surface area contributed by atoms with Crippen LogP contribution in [0.15, 0.2) is 78.0 Å². The number of benzene rings is 2. The Morgan fingerprint density at radius 2 is 1.91 bits per heavy atom. The van der Waals surface area contributed by atoms with Crippen molar-refractivity contribution in [1.82, 2.24) is 14.1 Å². The summed E-state index contributed by atoms with van der Waals surface area (Å²) in [6.07, 6.45) is 3.31. The van der Waals surface area contributed by atoms with Crippen molar-refractivity contribution in [3.8, 4) is 16.9 Å². The Bertz CT molecular complexity index is 1590. The molecule has 1 N–H and O–H groups in total. The van der Waals surface area contributed by atoms with E-state index in [4.69, 9.17) is 16.3 Å². The zero-order valence-electron chi connectivity index (χ0n) is 18.8. The van der Waals surface area contributed by atoms with Crippen LogP contribution >= 0.6 is 22.9 Å². The fourth-order valence-corrected chi connectivity index (χ4v) is 5.51. The highest BCUT2D eigenvalue weighted by Gasteiger charge is 2.38. The second-order valence-electron chi connectivity index (χ2n) is 8.12. The van der Waals surface area contributed by atoms with Crippen LogP contribution in [0.25, 0.3) is 22.0 Å². The van der Waals surface area contributed by atoms with Gasteiger partial charge in [0.2, 0.25) is 0 Å². The molecular formula is C26H22ClN3O3S. The lowest BCUT2D eigenvalue weighted by Gasteiger charge is -2.28. The van der Waals surface area contributed by atoms with Crippen LogP contribution in [-0.2, 0) is 19.7 Å². The minimum atomic E-state index is -1.49.